The molecule has 0 fully saturated rings. The van der Waals surface area contributed by atoms with Crippen LogP contribution in [0.15, 0.2) is 107 Å². The van der Waals surface area contributed by atoms with Gasteiger partial charge in [0.05, 0.1) is 23.7 Å². The maximum absolute atomic E-state index is 13.5. The second kappa shape index (κ2) is 11.9. The van der Waals surface area contributed by atoms with Crippen LogP contribution in [0.4, 0.5) is 0 Å². The third-order valence-corrected chi connectivity index (χ3v) is 6.91. The molecule has 5 nitrogen and oxygen atoms in total. The minimum absolute atomic E-state index is 0.0552. The zero-order valence-electron chi connectivity index (χ0n) is 20.9. The molecular formula is C31H30ClNO4. The van der Waals surface area contributed by atoms with E-state index in [9.17, 15) is 14.7 Å². The van der Waals surface area contributed by atoms with Crippen molar-refractivity contribution in [3.8, 4) is 0 Å². The lowest BCUT2D eigenvalue weighted by Gasteiger charge is -2.30. The first-order chi connectivity index (χ1) is 17.9. The molecule has 1 atom stereocenters. The zero-order valence-corrected chi connectivity index (χ0v) is 21.7. The number of carbonyl (C=O) groups is 2. The monoisotopic (exact) mass is 515 g/mol. The Bertz CT molecular complexity index is 1290. The van der Waals surface area contributed by atoms with Crippen molar-refractivity contribution in [2.24, 2.45) is 0 Å². The van der Waals surface area contributed by atoms with Gasteiger partial charge in [-0.15, -0.1) is 0 Å². The number of aliphatic carboxylic acids is 1. The zero-order chi connectivity index (χ0) is 26.4. The van der Waals surface area contributed by atoms with Gasteiger partial charge < -0.3 is 15.2 Å². The molecule has 0 radical (unpaired) electrons. The van der Waals surface area contributed by atoms with Gasteiger partial charge in [-0.25, -0.2) is 9.59 Å². The maximum Gasteiger partial charge on any atom is 0.336 e. The van der Waals surface area contributed by atoms with E-state index in [1.807, 2.05) is 43.3 Å². The number of esters is 1. The molecule has 0 amide bonds. The Hall–Kier alpha value is -3.83. The van der Waals surface area contributed by atoms with Crippen molar-refractivity contribution < 1.29 is 19.4 Å². The van der Waals surface area contributed by atoms with Crippen LogP contribution < -0.4 is 5.32 Å². The summed E-state index contributed by atoms with van der Waals surface area (Å²) in [5.41, 5.74) is 4.48. The Labute approximate surface area is 222 Å². The van der Waals surface area contributed by atoms with E-state index in [0.717, 1.165) is 11.1 Å². The van der Waals surface area contributed by atoms with Crippen molar-refractivity contribution in [1.82, 2.24) is 5.32 Å². The average Bonchev–Trinajstić information content (AvgIpc) is 2.91. The van der Waals surface area contributed by atoms with E-state index in [1.54, 1.807) is 31.2 Å². The number of allylic oxidation sites excluding steroid dienone is 2. The first-order valence-electron chi connectivity index (χ1n) is 12.4. The summed E-state index contributed by atoms with van der Waals surface area (Å²) >= 11 is 6.25. The first kappa shape index (κ1) is 26.2. The molecule has 1 heterocycles. The standard InChI is InChI=1S/C31H30ClNO4/c1-3-26-29(30(34)35)28(23-15-10-16-24(32)19-23)27(20(2)33-26)31(36)37-18-17-25(21-11-6-4-7-12-21)22-13-8-5-9-14-22/h4-16,19,25,28,33H,3,17-18H2,1-2H3,(H,34,35). The SMILES string of the molecule is CCC1=C(C(=O)O)C(c2cccc(Cl)c2)C(C(=O)OCCC(c2ccccc2)c2ccccc2)=C(C)N1. The third kappa shape index (κ3) is 5.95. The highest BCUT2D eigenvalue weighted by Gasteiger charge is 2.38. The average molecular weight is 516 g/mol. The summed E-state index contributed by atoms with van der Waals surface area (Å²) in [6.45, 7) is 3.84. The smallest absolute Gasteiger partial charge is 0.336 e. The number of dihydropyridines is 1. The Kier molecular flexibility index (Phi) is 8.47. The van der Waals surface area contributed by atoms with Crippen LogP contribution in [0.5, 0.6) is 0 Å². The maximum atomic E-state index is 13.5. The second-order valence-electron chi connectivity index (χ2n) is 9.00. The van der Waals surface area contributed by atoms with E-state index in [0.29, 0.717) is 34.8 Å². The summed E-state index contributed by atoms with van der Waals surface area (Å²) in [6.07, 6.45) is 1.07. The van der Waals surface area contributed by atoms with Crippen molar-refractivity contribution in [3.05, 3.63) is 129 Å². The number of rotatable bonds is 9. The highest BCUT2D eigenvalue weighted by molar-refractivity contribution is 6.30. The minimum Gasteiger partial charge on any atom is -0.478 e. The minimum atomic E-state index is -1.08. The van der Waals surface area contributed by atoms with E-state index in [1.165, 1.54) is 0 Å². The van der Waals surface area contributed by atoms with E-state index >= 15 is 0 Å². The molecule has 0 aliphatic carbocycles. The number of ether oxygens (including phenoxy) is 1. The van der Waals surface area contributed by atoms with Gasteiger partial charge in [-0.05, 0) is 48.6 Å². The summed E-state index contributed by atoms with van der Waals surface area (Å²) in [6, 6.07) is 27.2. The van der Waals surface area contributed by atoms with Crippen LogP contribution in [0, 0.1) is 0 Å². The highest BCUT2D eigenvalue weighted by atomic mass is 35.5. The summed E-state index contributed by atoms with van der Waals surface area (Å²) in [5, 5.41) is 13.7. The van der Waals surface area contributed by atoms with E-state index in [-0.39, 0.29) is 23.7 Å². The van der Waals surface area contributed by atoms with Crippen LogP contribution in [-0.2, 0) is 14.3 Å². The summed E-state index contributed by atoms with van der Waals surface area (Å²) in [4.78, 5) is 25.9. The molecule has 0 bridgehead atoms. The normalized spacial score (nSPS) is 15.5. The number of halogens is 1. The van der Waals surface area contributed by atoms with E-state index in [4.69, 9.17) is 16.3 Å². The fraction of sp³-hybridized carbons (Fsp3) is 0.226. The molecule has 0 saturated carbocycles. The molecule has 2 N–H and O–H groups in total. The number of hydrogen-bond acceptors (Lipinski definition) is 4. The molecule has 0 spiro atoms. The van der Waals surface area contributed by atoms with Gasteiger partial charge in [-0.3, -0.25) is 0 Å². The number of benzene rings is 3. The molecule has 1 aliphatic heterocycles. The number of hydrogen-bond donors (Lipinski definition) is 2. The Morgan fingerprint density at radius 2 is 1.57 bits per heavy atom. The molecule has 0 aromatic heterocycles. The number of carboxylic acids is 1. The number of carbonyl (C=O) groups excluding carboxylic acids is 1. The van der Waals surface area contributed by atoms with Gasteiger partial charge >= 0.3 is 11.9 Å². The molecule has 3 aromatic carbocycles. The Balaban J connectivity index is 1.61. The van der Waals surface area contributed by atoms with Crippen molar-refractivity contribution in [2.75, 3.05) is 6.61 Å². The van der Waals surface area contributed by atoms with Gasteiger partial charge in [0.1, 0.15) is 0 Å². The predicted molar refractivity (Wildman–Crippen MR) is 145 cm³/mol. The molecule has 6 heteroatoms. The molecule has 4 rings (SSSR count). The third-order valence-electron chi connectivity index (χ3n) is 6.67. The molecule has 190 valence electrons. The van der Waals surface area contributed by atoms with Crippen LogP contribution >= 0.6 is 11.6 Å². The van der Waals surface area contributed by atoms with Gasteiger partial charge in [0, 0.05) is 22.3 Å². The molecule has 0 saturated heterocycles. The van der Waals surface area contributed by atoms with Crippen LogP contribution in [0.25, 0.3) is 0 Å². The fourth-order valence-electron chi connectivity index (χ4n) is 4.96. The lowest BCUT2D eigenvalue weighted by molar-refractivity contribution is -0.139. The van der Waals surface area contributed by atoms with Gasteiger partial charge in [0.15, 0.2) is 0 Å². The van der Waals surface area contributed by atoms with Crippen molar-refractivity contribution in [2.45, 2.75) is 38.5 Å². The molecule has 3 aromatic rings. The molecular weight excluding hydrogens is 486 g/mol. The van der Waals surface area contributed by atoms with Crippen LogP contribution in [0.2, 0.25) is 5.02 Å². The van der Waals surface area contributed by atoms with Gasteiger partial charge in [0.25, 0.3) is 0 Å². The second-order valence-corrected chi connectivity index (χ2v) is 9.44. The first-order valence-corrected chi connectivity index (χ1v) is 12.7. The number of carboxylic acid groups (broad SMARTS) is 1. The van der Waals surface area contributed by atoms with Gasteiger partial charge in [-0.1, -0.05) is 91.3 Å². The predicted octanol–water partition coefficient (Wildman–Crippen LogP) is 6.81. The highest BCUT2D eigenvalue weighted by Crippen LogP contribution is 2.40. The lowest BCUT2D eigenvalue weighted by Crippen LogP contribution is -2.32. The quantitative estimate of drug-likeness (QED) is 0.306. The Morgan fingerprint density at radius 3 is 2.11 bits per heavy atom. The van der Waals surface area contributed by atoms with Crippen molar-refractivity contribution in [3.63, 3.8) is 0 Å². The molecule has 37 heavy (non-hydrogen) atoms. The van der Waals surface area contributed by atoms with Crippen LogP contribution in [0.1, 0.15) is 55.2 Å². The largest absolute Gasteiger partial charge is 0.478 e. The number of nitrogens with one attached hydrogen (secondary N) is 1. The van der Waals surface area contributed by atoms with Crippen molar-refractivity contribution >= 4 is 23.5 Å². The topological polar surface area (TPSA) is 75.6 Å². The van der Waals surface area contributed by atoms with Gasteiger partial charge in [-0.2, -0.15) is 0 Å². The summed E-state index contributed by atoms with van der Waals surface area (Å²) in [7, 11) is 0. The Morgan fingerprint density at radius 1 is 0.946 bits per heavy atom. The fourth-order valence-corrected chi connectivity index (χ4v) is 5.16. The van der Waals surface area contributed by atoms with Crippen molar-refractivity contribution in [1.29, 1.82) is 0 Å². The van der Waals surface area contributed by atoms with E-state index < -0.39 is 17.9 Å². The van der Waals surface area contributed by atoms with Crippen LogP contribution in [0.3, 0.4) is 0 Å². The summed E-state index contributed by atoms with van der Waals surface area (Å²) < 4.78 is 5.82. The van der Waals surface area contributed by atoms with Gasteiger partial charge in [0.2, 0.25) is 0 Å². The lowest BCUT2D eigenvalue weighted by atomic mass is 9.80. The molecule has 1 aliphatic rings. The van der Waals surface area contributed by atoms with Crippen LogP contribution in [-0.4, -0.2) is 23.7 Å². The van der Waals surface area contributed by atoms with E-state index in [2.05, 4.69) is 29.6 Å². The molecule has 1 unspecified atom stereocenters. The summed E-state index contributed by atoms with van der Waals surface area (Å²) in [5.74, 6) is -2.36.